The molecule has 1 N–H and O–H groups in total. The molecule has 13 heteroatoms. The third-order valence-corrected chi connectivity index (χ3v) is 5.66. The number of methoxy groups -OCH3 is 1. The van der Waals surface area contributed by atoms with E-state index in [1.165, 1.54) is 14.0 Å². The van der Waals surface area contributed by atoms with Crippen LogP contribution in [0.1, 0.15) is 24.7 Å². The smallest absolute Gasteiger partial charge is 0.416 e. The molecule has 9 nitrogen and oxygen atoms in total. The van der Waals surface area contributed by atoms with Crippen LogP contribution in [0.25, 0.3) is 5.69 Å². The van der Waals surface area contributed by atoms with Gasteiger partial charge in [-0.3, -0.25) is 19.5 Å². The Labute approximate surface area is 196 Å². The second-order valence-corrected chi connectivity index (χ2v) is 8.07. The molecule has 1 heterocycles. The topological polar surface area (TPSA) is 112 Å². The third-order valence-electron chi connectivity index (χ3n) is 4.65. The zero-order chi connectivity index (χ0) is 24.9. The Balaban J connectivity index is 2.01. The molecular formula is C21H20F3N5O4S. The number of ether oxygens (including phenoxy) is 1. The quantitative estimate of drug-likeness (QED) is 0.266. The predicted octanol–water partition coefficient (Wildman–Crippen LogP) is 4.42. The van der Waals surface area contributed by atoms with Gasteiger partial charge in [0.1, 0.15) is 11.6 Å². The van der Waals surface area contributed by atoms with Gasteiger partial charge < -0.3 is 10.1 Å². The van der Waals surface area contributed by atoms with Gasteiger partial charge >= 0.3 is 6.18 Å². The van der Waals surface area contributed by atoms with Crippen molar-refractivity contribution in [3.63, 3.8) is 0 Å². The average Bonchev–Trinajstić information content (AvgIpc) is 3.18. The van der Waals surface area contributed by atoms with Gasteiger partial charge in [0, 0.05) is 32.0 Å². The number of nitro groups is 1. The lowest BCUT2D eigenvalue weighted by atomic mass is 10.2. The standard InChI is InChI=1S/C21H20F3N5O4S/c1-13(30)25-10-4-7-19-26-27-20(28(19)15-5-3-6-16(12-15)33-2)34-18-9-8-14(21(22,23)24)11-17(18)29(31)32/h3,5-6,8-9,11-12H,4,7,10H2,1-2H3,(H,25,30). The largest absolute Gasteiger partial charge is 0.497 e. The molecule has 1 amide bonds. The molecular weight excluding hydrogens is 475 g/mol. The highest BCUT2D eigenvalue weighted by Gasteiger charge is 2.33. The number of nitrogens with one attached hydrogen (secondary N) is 1. The van der Waals surface area contributed by atoms with Crippen LogP contribution in [0.4, 0.5) is 18.9 Å². The van der Waals surface area contributed by atoms with Crippen LogP contribution in [0, 0.1) is 10.1 Å². The molecule has 1 aromatic heterocycles. The first-order valence-electron chi connectivity index (χ1n) is 9.96. The Morgan fingerprint density at radius 2 is 2.00 bits per heavy atom. The molecule has 0 radical (unpaired) electrons. The van der Waals surface area contributed by atoms with Gasteiger partial charge in [0.2, 0.25) is 11.1 Å². The molecule has 0 saturated heterocycles. The number of nitrogens with zero attached hydrogens (tertiary/aromatic N) is 4. The number of nitro benzene ring substituents is 1. The van der Waals surface area contributed by atoms with E-state index in [-0.39, 0.29) is 16.0 Å². The first kappa shape index (κ1) is 25.0. The summed E-state index contributed by atoms with van der Waals surface area (Å²) >= 11 is 0.832. The minimum Gasteiger partial charge on any atom is -0.497 e. The van der Waals surface area contributed by atoms with Crippen LogP contribution in [0.15, 0.2) is 52.5 Å². The van der Waals surface area contributed by atoms with Gasteiger partial charge in [0.15, 0.2) is 0 Å². The molecule has 0 unspecified atom stereocenters. The second kappa shape index (κ2) is 10.5. The summed E-state index contributed by atoms with van der Waals surface area (Å²) in [5, 5.41) is 22.7. The molecule has 3 rings (SSSR count). The molecule has 0 aliphatic rings. The van der Waals surface area contributed by atoms with Crippen LogP contribution in [0.3, 0.4) is 0 Å². The van der Waals surface area contributed by atoms with Crippen molar-refractivity contribution in [2.45, 2.75) is 36.0 Å². The van der Waals surface area contributed by atoms with E-state index < -0.39 is 22.4 Å². The Kier molecular flexibility index (Phi) is 7.76. The number of halogens is 3. The van der Waals surface area contributed by atoms with Gasteiger partial charge in [-0.1, -0.05) is 6.07 Å². The second-order valence-electron chi connectivity index (χ2n) is 7.06. The first-order valence-corrected chi connectivity index (χ1v) is 10.8. The van der Waals surface area contributed by atoms with E-state index >= 15 is 0 Å². The van der Waals surface area contributed by atoms with Gasteiger partial charge in [-0.2, -0.15) is 13.2 Å². The molecule has 0 atom stereocenters. The van der Waals surface area contributed by atoms with Crippen LogP contribution < -0.4 is 10.1 Å². The number of carbonyl (C=O) groups excluding carboxylic acids is 1. The van der Waals surface area contributed by atoms with E-state index in [0.717, 1.165) is 23.9 Å². The third kappa shape index (κ3) is 6.04. The highest BCUT2D eigenvalue weighted by Crippen LogP contribution is 2.39. The summed E-state index contributed by atoms with van der Waals surface area (Å²) in [5.74, 6) is 0.891. The number of alkyl halides is 3. The van der Waals surface area contributed by atoms with Crippen molar-refractivity contribution in [1.29, 1.82) is 0 Å². The number of amides is 1. The van der Waals surface area contributed by atoms with E-state index in [1.54, 1.807) is 28.8 Å². The van der Waals surface area contributed by atoms with Crippen LogP contribution in [-0.4, -0.2) is 39.2 Å². The Morgan fingerprint density at radius 1 is 1.24 bits per heavy atom. The fourth-order valence-electron chi connectivity index (χ4n) is 3.07. The van der Waals surface area contributed by atoms with E-state index in [9.17, 15) is 28.1 Å². The molecule has 2 aromatic carbocycles. The molecule has 0 fully saturated rings. The summed E-state index contributed by atoms with van der Waals surface area (Å²) in [6.45, 7) is 1.82. The zero-order valence-electron chi connectivity index (χ0n) is 18.1. The number of rotatable bonds is 9. The van der Waals surface area contributed by atoms with Crippen LogP contribution in [0.2, 0.25) is 0 Å². The number of carbonyl (C=O) groups is 1. The van der Waals surface area contributed by atoms with Crippen molar-refractivity contribution in [2.24, 2.45) is 0 Å². The normalized spacial score (nSPS) is 11.3. The Hall–Kier alpha value is -3.61. The highest BCUT2D eigenvalue weighted by molar-refractivity contribution is 7.99. The molecule has 0 aliphatic carbocycles. The maximum absolute atomic E-state index is 13.1. The van der Waals surface area contributed by atoms with Crippen LogP contribution >= 0.6 is 11.8 Å². The first-order chi connectivity index (χ1) is 16.1. The Morgan fingerprint density at radius 3 is 2.65 bits per heavy atom. The highest BCUT2D eigenvalue weighted by atomic mass is 32.2. The number of hydrogen-bond acceptors (Lipinski definition) is 7. The van der Waals surface area contributed by atoms with Gasteiger partial charge in [-0.05, 0) is 42.4 Å². The van der Waals surface area contributed by atoms with Gasteiger partial charge in [0.25, 0.3) is 5.69 Å². The molecule has 0 spiro atoms. The van der Waals surface area contributed by atoms with Crippen molar-refractivity contribution in [1.82, 2.24) is 20.1 Å². The van der Waals surface area contributed by atoms with Crippen molar-refractivity contribution >= 4 is 23.4 Å². The van der Waals surface area contributed by atoms with Crippen molar-refractivity contribution < 1.29 is 27.6 Å². The van der Waals surface area contributed by atoms with E-state index in [0.29, 0.717) is 42.7 Å². The number of hydrogen-bond donors (Lipinski definition) is 1. The number of aromatic nitrogens is 3. The van der Waals surface area contributed by atoms with Crippen LogP contribution in [0.5, 0.6) is 5.75 Å². The summed E-state index contributed by atoms with van der Waals surface area (Å²) in [5.41, 5.74) is -1.19. The fraction of sp³-hybridized carbons (Fsp3) is 0.286. The number of aryl methyl sites for hydroxylation is 1. The SMILES string of the molecule is COc1cccc(-n2c(CCCNC(C)=O)nnc2Sc2ccc(C(F)(F)F)cc2[N+](=O)[O-])c1. The zero-order valence-corrected chi connectivity index (χ0v) is 18.9. The van der Waals surface area contributed by atoms with Crippen LogP contribution in [-0.2, 0) is 17.4 Å². The molecule has 0 saturated carbocycles. The lowest BCUT2D eigenvalue weighted by molar-refractivity contribution is -0.388. The summed E-state index contributed by atoms with van der Waals surface area (Å²) in [6, 6.07) is 9.29. The summed E-state index contributed by atoms with van der Waals surface area (Å²) in [4.78, 5) is 21.7. The van der Waals surface area contributed by atoms with E-state index in [1.807, 2.05) is 0 Å². The minimum atomic E-state index is -4.71. The van der Waals surface area contributed by atoms with E-state index in [4.69, 9.17) is 4.74 Å². The molecule has 3 aromatic rings. The maximum Gasteiger partial charge on any atom is 0.416 e. The van der Waals surface area contributed by atoms with Gasteiger partial charge in [-0.15, -0.1) is 10.2 Å². The van der Waals surface area contributed by atoms with Crippen molar-refractivity contribution in [2.75, 3.05) is 13.7 Å². The maximum atomic E-state index is 13.1. The predicted molar refractivity (Wildman–Crippen MR) is 117 cm³/mol. The molecule has 180 valence electrons. The summed E-state index contributed by atoms with van der Waals surface area (Å²) in [7, 11) is 1.50. The number of benzene rings is 2. The lowest BCUT2D eigenvalue weighted by Crippen LogP contribution is -2.21. The van der Waals surface area contributed by atoms with Crippen molar-refractivity contribution in [3.8, 4) is 11.4 Å². The van der Waals surface area contributed by atoms with E-state index in [2.05, 4.69) is 15.5 Å². The Bertz CT molecular complexity index is 1200. The van der Waals surface area contributed by atoms with Gasteiger partial charge in [-0.25, -0.2) is 0 Å². The monoisotopic (exact) mass is 495 g/mol. The average molecular weight is 495 g/mol. The summed E-state index contributed by atoms with van der Waals surface area (Å²) in [6.07, 6.45) is -3.75. The molecule has 0 bridgehead atoms. The lowest BCUT2D eigenvalue weighted by Gasteiger charge is -2.12. The minimum absolute atomic E-state index is 0.0145. The molecule has 0 aliphatic heterocycles. The molecule has 34 heavy (non-hydrogen) atoms. The fourth-order valence-corrected chi connectivity index (χ4v) is 4.02. The van der Waals surface area contributed by atoms with Crippen molar-refractivity contribution in [3.05, 3.63) is 64.0 Å². The van der Waals surface area contributed by atoms with Gasteiger partial charge in [0.05, 0.1) is 28.2 Å². The summed E-state index contributed by atoms with van der Waals surface area (Å²) < 4.78 is 46.1.